The van der Waals surface area contributed by atoms with E-state index in [1.807, 2.05) is 7.05 Å². The Labute approximate surface area is 101 Å². The Hall–Kier alpha value is -0.960. The highest BCUT2D eigenvalue weighted by atomic mass is 19.2. The summed E-state index contributed by atoms with van der Waals surface area (Å²) < 4.78 is 26.6. The van der Waals surface area contributed by atoms with Crippen LogP contribution >= 0.6 is 0 Å². The topological polar surface area (TPSA) is 12.0 Å². The molecule has 1 fully saturated rings. The second-order valence-electron chi connectivity index (χ2n) is 4.92. The molecule has 0 radical (unpaired) electrons. The summed E-state index contributed by atoms with van der Waals surface area (Å²) in [6, 6.07) is 4.64. The molecule has 1 aliphatic rings. The second kappa shape index (κ2) is 5.58. The number of likely N-dealkylation sites (N-methyl/N-ethyl adjacent to an activating group) is 1. The summed E-state index contributed by atoms with van der Waals surface area (Å²) in [6.07, 6.45) is 5.47. The van der Waals surface area contributed by atoms with Crippen LogP contribution in [-0.2, 0) is 6.42 Å². The van der Waals surface area contributed by atoms with E-state index in [-0.39, 0.29) is 6.04 Å². The van der Waals surface area contributed by atoms with Crippen LogP contribution in [0.5, 0.6) is 0 Å². The molecule has 2 rings (SSSR count). The Kier molecular flexibility index (Phi) is 4.11. The van der Waals surface area contributed by atoms with Crippen LogP contribution in [0.1, 0.15) is 31.2 Å². The lowest BCUT2D eigenvalue weighted by atomic mass is 10.00. The number of benzene rings is 1. The van der Waals surface area contributed by atoms with Crippen LogP contribution in [0.3, 0.4) is 0 Å². The minimum absolute atomic E-state index is 0.242. The Morgan fingerprint density at radius 2 is 2.12 bits per heavy atom. The van der Waals surface area contributed by atoms with Crippen molar-refractivity contribution in [3.63, 3.8) is 0 Å². The van der Waals surface area contributed by atoms with E-state index in [9.17, 15) is 8.78 Å². The van der Waals surface area contributed by atoms with Gasteiger partial charge < -0.3 is 5.32 Å². The molecule has 1 aromatic carbocycles. The molecular weight excluding hydrogens is 220 g/mol. The maximum Gasteiger partial charge on any atom is 0.162 e. The molecule has 0 heterocycles. The van der Waals surface area contributed by atoms with Gasteiger partial charge in [-0.15, -0.1) is 0 Å². The van der Waals surface area contributed by atoms with E-state index in [2.05, 4.69) is 5.32 Å². The summed E-state index contributed by atoms with van der Waals surface area (Å²) in [6.45, 7) is 0. The van der Waals surface area contributed by atoms with Gasteiger partial charge in [-0.05, 0) is 43.9 Å². The standard InChI is InChI=1S/C14H19F2N/c1-17-12(8-7-10-5-6-10)9-11-3-2-4-13(15)14(11)16/h2-4,10,12,17H,5-9H2,1H3. The van der Waals surface area contributed by atoms with Crippen molar-refractivity contribution in [2.75, 3.05) is 7.05 Å². The van der Waals surface area contributed by atoms with Crippen molar-refractivity contribution in [2.24, 2.45) is 5.92 Å². The van der Waals surface area contributed by atoms with E-state index < -0.39 is 11.6 Å². The molecule has 17 heavy (non-hydrogen) atoms. The first-order valence-corrected chi connectivity index (χ1v) is 6.31. The molecule has 1 atom stereocenters. The van der Waals surface area contributed by atoms with E-state index in [1.165, 1.54) is 19.3 Å². The third-order valence-corrected chi connectivity index (χ3v) is 3.53. The summed E-state index contributed by atoms with van der Waals surface area (Å²) in [5.74, 6) is -0.568. The van der Waals surface area contributed by atoms with Gasteiger partial charge in [0.25, 0.3) is 0 Å². The highest BCUT2D eigenvalue weighted by Crippen LogP contribution is 2.34. The number of nitrogens with one attached hydrogen (secondary N) is 1. The molecule has 3 heteroatoms. The molecule has 0 aliphatic heterocycles. The van der Waals surface area contributed by atoms with Gasteiger partial charge in [-0.3, -0.25) is 0 Å². The minimum Gasteiger partial charge on any atom is -0.317 e. The molecule has 0 bridgehead atoms. The van der Waals surface area contributed by atoms with Crippen molar-refractivity contribution >= 4 is 0 Å². The summed E-state index contributed by atoms with van der Waals surface area (Å²) >= 11 is 0. The van der Waals surface area contributed by atoms with Gasteiger partial charge >= 0.3 is 0 Å². The first-order valence-electron chi connectivity index (χ1n) is 6.31. The highest BCUT2D eigenvalue weighted by Gasteiger charge is 2.22. The number of hydrogen-bond acceptors (Lipinski definition) is 1. The highest BCUT2D eigenvalue weighted by molar-refractivity contribution is 5.20. The van der Waals surface area contributed by atoms with Gasteiger partial charge in [-0.2, -0.15) is 0 Å². The van der Waals surface area contributed by atoms with Crippen LogP contribution in [0.2, 0.25) is 0 Å². The molecule has 0 aromatic heterocycles. The predicted molar refractivity (Wildman–Crippen MR) is 64.9 cm³/mol. The van der Waals surface area contributed by atoms with Crippen LogP contribution in [0.15, 0.2) is 18.2 Å². The van der Waals surface area contributed by atoms with Crippen LogP contribution in [0, 0.1) is 17.6 Å². The molecule has 1 saturated carbocycles. The quantitative estimate of drug-likeness (QED) is 0.803. The van der Waals surface area contributed by atoms with Gasteiger partial charge in [0.15, 0.2) is 11.6 Å². The third kappa shape index (κ3) is 3.50. The zero-order valence-electron chi connectivity index (χ0n) is 10.2. The molecule has 1 unspecified atom stereocenters. The summed E-state index contributed by atoms with van der Waals surface area (Å²) in [4.78, 5) is 0. The third-order valence-electron chi connectivity index (χ3n) is 3.53. The zero-order chi connectivity index (χ0) is 12.3. The predicted octanol–water partition coefficient (Wildman–Crippen LogP) is 3.29. The molecule has 1 nitrogen and oxygen atoms in total. The molecule has 1 aliphatic carbocycles. The first-order chi connectivity index (χ1) is 8.20. The Morgan fingerprint density at radius 3 is 2.76 bits per heavy atom. The lowest BCUT2D eigenvalue weighted by molar-refractivity contribution is 0.458. The average molecular weight is 239 g/mol. The number of rotatable bonds is 6. The average Bonchev–Trinajstić information content (AvgIpc) is 3.13. The normalized spacial score (nSPS) is 17.1. The summed E-state index contributed by atoms with van der Waals surface area (Å²) in [7, 11) is 1.88. The lowest BCUT2D eigenvalue weighted by Crippen LogP contribution is -2.28. The van der Waals surface area contributed by atoms with Gasteiger partial charge in [-0.25, -0.2) is 8.78 Å². The SMILES string of the molecule is CNC(CCC1CC1)Cc1cccc(F)c1F. The monoisotopic (exact) mass is 239 g/mol. The minimum atomic E-state index is -0.750. The zero-order valence-corrected chi connectivity index (χ0v) is 10.2. The van der Waals surface area contributed by atoms with Crippen molar-refractivity contribution in [1.29, 1.82) is 0 Å². The molecule has 1 N–H and O–H groups in total. The molecule has 0 amide bonds. The Bertz CT molecular complexity index is 374. The Balaban J connectivity index is 1.93. The van der Waals surface area contributed by atoms with E-state index in [0.717, 1.165) is 18.4 Å². The van der Waals surface area contributed by atoms with Crippen molar-refractivity contribution in [3.05, 3.63) is 35.4 Å². The van der Waals surface area contributed by atoms with Crippen molar-refractivity contribution in [3.8, 4) is 0 Å². The van der Waals surface area contributed by atoms with Gasteiger partial charge in [0.05, 0.1) is 0 Å². The molecule has 94 valence electrons. The van der Waals surface area contributed by atoms with E-state index in [4.69, 9.17) is 0 Å². The fraction of sp³-hybridized carbons (Fsp3) is 0.571. The van der Waals surface area contributed by atoms with Crippen molar-refractivity contribution < 1.29 is 8.78 Å². The molecular formula is C14H19F2N. The fourth-order valence-electron chi connectivity index (χ4n) is 2.16. The van der Waals surface area contributed by atoms with Gasteiger partial charge in [-0.1, -0.05) is 25.0 Å². The van der Waals surface area contributed by atoms with E-state index in [1.54, 1.807) is 12.1 Å². The van der Waals surface area contributed by atoms with Gasteiger partial charge in [0.2, 0.25) is 0 Å². The van der Waals surface area contributed by atoms with Gasteiger partial charge in [0, 0.05) is 6.04 Å². The maximum atomic E-state index is 13.5. The summed E-state index contributed by atoms with van der Waals surface area (Å²) in [5.41, 5.74) is 0.472. The largest absolute Gasteiger partial charge is 0.317 e. The van der Waals surface area contributed by atoms with Crippen LogP contribution in [0.4, 0.5) is 8.78 Å². The van der Waals surface area contributed by atoms with E-state index >= 15 is 0 Å². The fourth-order valence-corrected chi connectivity index (χ4v) is 2.16. The molecule has 0 saturated heterocycles. The van der Waals surface area contributed by atoms with E-state index in [0.29, 0.717) is 12.0 Å². The molecule has 1 aromatic rings. The van der Waals surface area contributed by atoms with Crippen LogP contribution in [0.25, 0.3) is 0 Å². The number of halogens is 2. The number of hydrogen-bond donors (Lipinski definition) is 1. The smallest absolute Gasteiger partial charge is 0.162 e. The van der Waals surface area contributed by atoms with Gasteiger partial charge in [0.1, 0.15) is 0 Å². The molecule has 0 spiro atoms. The second-order valence-corrected chi connectivity index (χ2v) is 4.92. The maximum absolute atomic E-state index is 13.5. The first kappa shape index (κ1) is 12.5. The van der Waals surface area contributed by atoms with Crippen LogP contribution < -0.4 is 5.32 Å². The Morgan fingerprint density at radius 1 is 1.35 bits per heavy atom. The van der Waals surface area contributed by atoms with Crippen molar-refractivity contribution in [2.45, 2.75) is 38.1 Å². The summed E-state index contributed by atoms with van der Waals surface area (Å²) in [5, 5.41) is 3.19. The van der Waals surface area contributed by atoms with Crippen LogP contribution in [-0.4, -0.2) is 13.1 Å². The lowest BCUT2D eigenvalue weighted by Gasteiger charge is -2.16. The van der Waals surface area contributed by atoms with Crippen molar-refractivity contribution in [1.82, 2.24) is 5.32 Å².